The SMILES string of the molecule is O=C(O)CNC1CC(C2C3CC4CC(C3)CC2C4)C1. The van der Waals surface area contributed by atoms with Crippen LogP contribution < -0.4 is 5.32 Å². The van der Waals surface area contributed by atoms with Gasteiger partial charge in [0.1, 0.15) is 0 Å². The van der Waals surface area contributed by atoms with E-state index in [-0.39, 0.29) is 6.54 Å². The zero-order valence-electron chi connectivity index (χ0n) is 11.6. The van der Waals surface area contributed by atoms with Crippen molar-refractivity contribution in [2.75, 3.05) is 6.54 Å². The maximum atomic E-state index is 10.6. The van der Waals surface area contributed by atoms with Gasteiger partial charge >= 0.3 is 5.97 Å². The van der Waals surface area contributed by atoms with Crippen LogP contribution in [0.25, 0.3) is 0 Å². The van der Waals surface area contributed by atoms with Crippen LogP contribution in [-0.2, 0) is 4.79 Å². The summed E-state index contributed by atoms with van der Waals surface area (Å²) in [5.41, 5.74) is 0. The number of carboxylic acids is 1. The minimum Gasteiger partial charge on any atom is -0.480 e. The van der Waals surface area contributed by atoms with Gasteiger partial charge in [-0.25, -0.2) is 0 Å². The summed E-state index contributed by atoms with van der Waals surface area (Å²) in [5.74, 6) is 5.37. The third-order valence-electron chi connectivity index (χ3n) is 6.56. The molecule has 0 spiro atoms. The van der Waals surface area contributed by atoms with Gasteiger partial charge in [0.2, 0.25) is 0 Å². The van der Waals surface area contributed by atoms with E-state index in [1.165, 1.54) is 44.9 Å². The molecule has 0 aromatic rings. The van der Waals surface area contributed by atoms with Crippen LogP contribution in [0.4, 0.5) is 0 Å². The van der Waals surface area contributed by atoms with E-state index in [9.17, 15) is 4.79 Å². The summed E-state index contributed by atoms with van der Waals surface area (Å²) in [6, 6.07) is 0.485. The number of carbonyl (C=O) groups is 1. The van der Waals surface area contributed by atoms with Crippen LogP contribution in [0.5, 0.6) is 0 Å². The number of hydrogen-bond donors (Lipinski definition) is 2. The van der Waals surface area contributed by atoms with Crippen LogP contribution in [0, 0.1) is 35.5 Å². The van der Waals surface area contributed by atoms with E-state index >= 15 is 0 Å². The Hall–Kier alpha value is -0.570. The molecule has 19 heavy (non-hydrogen) atoms. The Labute approximate surface area is 115 Å². The van der Waals surface area contributed by atoms with Crippen LogP contribution in [0.3, 0.4) is 0 Å². The summed E-state index contributed by atoms with van der Waals surface area (Å²) in [6.07, 6.45) is 10.1. The van der Waals surface area contributed by atoms with Crippen LogP contribution in [0.15, 0.2) is 0 Å². The standard InChI is InChI=1S/C16H25NO2/c18-15(19)8-17-14-6-13(7-14)16-11-2-9-1-10(4-11)5-12(16)3-9/h9-14,16-17H,1-8H2,(H,18,19). The lowest BCUT2D eigenvalue weighted by Gasteiger charge is -2.59. The highest BCUT2D eigenvalue weighted by molar-refractivity contribution is 5.69. The van der Waals surface area contributed by atoms with Crippen molar-refractivity contribution < 1.29 is 9.90 Å². The predicted octanol–water partition coefficient (Wildman–Crippen LogP) is 2.51. The van der Waals surface area contributed by atoms with E-state index < -0.39 is 5.97 Å². The molecule has 106 valence electrons. The molecule has 0 aromatic heterocycles. The maximum absolute atomic E-state index is 10.6. The highest BCUT2D eigenvalue weighted by atomic mass is 16.4. The molecule has 5 aliphatic carbocycles. The molecule has 0 atom stereocenters. The summed E-state index contributed by atoms with van der Waals surface area (Å²) >= 11 is 0. The molecule has 2 N–H and O–H groups in total. The molecule has 5 rings (SSSR count). The van der Waals surface area contributed by atoms with E-state index in [0.717, 1.165) is 35.5 Å². The largest absolute Gasteiger partial charge is 0.480 e. The average Bonchev–Trinajstić information content (AvgIpc) is 2.28. The lowest BCUT2D eigenvalue weighted by atomic mass is 9.47. The smallest absolute Gasteiger partial charge is 0.317 e. The summed E-state index contributed by atoms with van der Waals surface area (Å²) in [4.78, 5) is 10.6. The number of hydrogen-bond acceptors (Lipinski definition) is 2. The van der Waals surface area contributed by atoms with Crippen molar-refractivity contribution in [3.8, 4) is 0 Å². The van der Waals surface area contributed by atoms with Crippen LogP contribution >= 0.6 is 0 Å². The van der Waals surface area contributed by atoms with Gasteiger partial charge in [-0.2, -0.15) is 0 Å². The van der Waals surface area contributed by atoms with Crippen molar-refractivity contribution in [1.29, 1.82) is 0 Å². The third-order valence-corrected chi connectivity index (χ3v) is 6.56. The van der Waals surface area contributed by atoms with E-state index in [1.807, 2.05) is 0 Å². The number of aliphatic carboxylic acids is 1. The molecule has 5 aliphatic rings. The molecule has 0 radical (unpaired) electrons. The molecule has 0 amide bonds. The molecule has 0 unspecified atom stereocenters. The first kappa shape index (κ1) is 12.2. The first-order valence-electron chi connectivity index (χ1n) is 8.14. The monoisotopic (exact) mass is 263 g/mol. The van der Waals surface area contributed by atoms with Gasteiger partial charge in [0.25, 0.3) is 0 Å². The van der Waals surface area contributed by atoms with Gasteiger partial charge in [0, 0.05) is 6.04 Å². The Kier molecular flexibility index (Phi) is 2.87. The Morgan fingerprint density at radius 1 is 0.895 bits per heavy atom. The van der Waals surface area contributed by atoms with Crippen molar-refractivity contribution in [2.24, 2.45) is 35.5 Å². The van der Waals surface area contributed by atoms with E-state index in [0.29, 0.717) is 6.04 Å². The number of rotatable bonds is 4. The Morgan fingerprint density at radius 2 is 1.42 bits per heavy atom. The minimum absolute atomic E-state index is 0.138. The zero-order chi connectivity index (χ0) is 13.0. The van der Waals surface area contributed by atoms with Crippen LogP contribution in [-0.4, -0.2) is 23.7 Å². The first-order valence-corrected chi connectivity index (χ1v) is 8.14. The molecule has 5 fully saturated rings. The van der Waals surface area contributed by atoms with Gasteiger partial charge in [0.15, 0.2) is 0 Å². The van der Waals surface area contributed by atoms with Crippen molar-refractivity contribution in [2.45, 2.75) is 51.0 Å². The van der Waals surface area contributed by atoms with Crippen LogP contribution in [0.1, 0.15) is 44.9 Å². The average molecular weight is 263 g/mol. The highest BCUT2D eigenvalue weighted by Gasteiger charge is 2.52. The molecule has 5 saturated carbocycles. The summed E-state index contributed by atoms with van der Waals surface area (Å²) in [6.45, 7) is 0.138. The molecule has 4 bridgehead atoms. The van der Waals surface area contributed by atoms with Crippen molar-refractivity contribution >= 4 is 5.97 Å². The third kappa shape index (κ3) is 2.10. The quantitative estimate of drug-likeness (QED) is 0.819. The topological polar surface area (TPSA) is 49.3 Å². The van der Waals surface area contributed by atoms with Gasteiger partial charge in [-0.1, -0.05) is 0 Å². The van der Waals surface area contributed by atoms with Gasteiger partial charge in [-0.3, -0.25) is 4.79 Å². The second-order valence-electron chi connectivity index (χ2n) is 7.71. The Balaban J connectivity index is 1.33. The molecule has 0 heterocycles. The summed E-state index contributed by atoms with van der Waals surface area (Å²) in [7, 11) is 0. The molecule has 0 aromatic carbocycles. The van der Waals surface area contributed by atoms with E-state index in [4.69, 9.17) is 5.11 Å². The molecule has 3 heteroatoms. The lowest BCUT2D eigenvalue weighted by Crippen LogP contribution is -2.53. The fraction of sp³-hybridized carbons (Fsp3) is 0.938. The van der Waals surface area contributed by atoms with Crippen molar-refractivity contribution in [3.63, 3.8) is 0 Å². The van der Waals surface area contributed by atoms with Crippen molar-refractivity contribution in [1.82, 2.24) is 5.32 Å². The minimum atomic E-state index is -0.724. The van der Waals surface area contributed by atoms with E-state index in [1.54, 1.807) is 0 Å². The summed E-state index contributed by atoms with van der Waals surface area (Å²) in [5, 5.41) is 11.9. The zero-order valence-corrected chi connectivity index (χ0v) is 11.6. The van der Waals surface area contributed by atoms with Crippen molar-refractivity contribution in [3.05, 3.63) is 0 Å². The molecular weight excluding hydrogens is 238 g/mol. The molecule has 0 saturated heterocycles. The number of carboxylic acid groups (broad SMARTS) is 1. The Bertz CT molecular complexity index is 347. The van der Waals surface area contributed by atoms with Gasteiger partial charge in [0.05, 0.1) is 6.54 Å². The van der Waals surface area contributed by atoms with Gasteiger partial charge in [-0.05, 0) is 80.5 Å². The summed E-state index contributed by atoms with van der Waals surface area (Å²) < 4.78 is 0. The van der Waals surface area contributed by atoms with Gasteiger partial charge < -0.3 is 10.4 Å². The molecular formula is C16H25NO2. The molecule has 0 aliphatic heterocycles. The Morgan fingerprint density at radius 3 is 1.95 bits per heavy atom. The fourth-order valence-corrected chi connectivity index (χ4v) is 6.11. The van der Waals surface area contributed by atoms with Gasteiger partial charge in [-0.15, -0.1) is 0 Å². The van der Waals surface area contributed by atoms with Crippen LogP contribution in [0.2, 0.25) is 0 Å². The fourth-order valence-electron chi connectivity index (χ4n) is 6.11. The lowest BCUT2D eigenvalue weighted by molar-refractivity contribution is -0.136. The first-order chi connectivity index (χ1) is 9.19. The normalized spacial score (nSPS) is 51.1. The highest BCUT2D eigenvalue weighted by Crippen LogP contribution is 2.60. The second kappa shape index (κ2) is 4.47. The molecule has 3 nitrogen and oxygen atoms in total. The predicted molar refractivity (Wildman–Crippen MR) is 72.7 cm³/mol. The number of nitrogens with one attached hydrogen (secondary N) is 1. The maximum Gasteiger partial charge on any atom is 0.317 e. The second-order valence-corrected chi connectivity index (χ2v) is 7.71. The van der Waals surface area contributed by atoms with E-state index in [2.05, 4.69) is 5.32 Å².